The van der Waals surface area contributed by atoms with Crippen LogP contribution >= 0.6 is 0 Å². The first-order valence-electron chi connectivity index (χ1n) is 8.87. The Balaban J connectivity index is 1.80. The highest BCUT2D eigenvalue weighted by Gasteiger charge is 2.27. The molecule has 2 rings (SSSR count). The van der Waals surface area contributed by atoms with E-state index in [1.807, 2.05) is 6.07 Å². The van der Waals surface area contributed by atoms with Crippen LogP contribution in [0.1, 0.15) is 16.7 Å². The van der Waals surface area contributed by atoms with Crippen molar-refractivity contribution in [2.24, 2.45) is 4.99 Å². The summed E-state index contributed by atoms with van der Waals surface area (Å²) in [5.41, 5.74) is 1.72. The number of nitrogens with zero attached hydrogens (tertiary/aromatic N) is 1. The molecule has 2 aromatic carbocycles. The SMILES string of the molecule is CN=C(NCCc1cc(F)ccc1F)NCc1cccc(COCC(F)(F)F)c1. The minimum absolute atomic E-state index is 0.139. The van der Waals surface area contributed by atoms with Gasteiger partial charge in [0.25, 0.3) is 0 Å². The molecule has 0 fully saturated rings. The van der Waals surface area contributed by atoms with Crippen LogP contribution < -0.4 is 10.6 Å². The molecule has 0 heterocycles. The minimum atomic E-state index is -4.36. The first-order valence-corrected chi connectivity index (χ1v) is 8.87. The topological polar surface area (TPSA) is 45.7 Å². The summed E-state index contributed by atoms with van der Waals surface area (Å²) < 4.78 is 67.9. The summed E-state index contributed by atoms with van der Waals surface area (Å²) in [6.07, 6.45) is -4.08. The maximum Gasteiger partial charge on any atom is 0.411 e. The zero-order valence-corrected chi connectivity index (χ0v) is 15.8. The molecular weight excluding hydrogens is 393 g/mol. The summed E-state index contributed by atoms with van der Waals surface area (Å²) in [5, 5.41) is 6.06. The average Bonchev–Trinajstić information content (AvgIpc) is 2.66. The van der Waals surface area contributed by atoms with E-state index < -0.39 is 24.4 Å². The molecule has 0 aliphatic heterocycles. The van der Waals surface area contributed by atoms with Crippen LogP contribution in [0.15, 0.2) is 47.5 Å². The van der Waals surface area contributed by atoms with Crippen molar-refractivity contribution in [3.63, 3.8) is 0 Å². The van der Waals surface area contributed by atoms with E-state index in [1.54, 1.807) is 25.2 Å². The number of hydrogen-bond acceptors (Lipinski definition) is 2. The fourth-order valence-electron chi connectivity index (χ4n) is 2.57. The average molecular weight is 415 g/mol. The van der Waals surface area contributed by atoms with Gasteiger partial charge < -0.3 is 15.4 Å². The highest BCUT2D eigenvalue weighted by Crippen LogP contribution is 2.16. The van der Waals surface area contributed by atoms with Crippen LogP contribution in [-0.4, -0.2) is 32.3 Å². The van der Waals surface area contributed by atoms with Crippen LogP contribution in [0, 0.1) is 11.6 Å². The lowest BCUT2D eigenvalue weighted by Crippen LogP contribution is -2.37. The van der Waals surface area contributed by atoms with E-state index >= 15 is 0 Å². The number of nitrogens with one attached hydrogen (secondary N) is 2. The van der Waals surface area contributed by atoms with Gasteiger partial charge in [0, 0.05) is 20.1 Å². The highest BCUT2D eigenvalue weighted by atomic mass is 19.4. The van der Waals surface area contributed by atoms with Crippen LogP contribution in [0.3, 0.4) is 0 Å². The van der Waals surface area contributed by atoms with E-state index in [9.17, 15) is 22.0 Å². The number of ether oxygens (including phenoxy) is 1. The number of guanidine groups is 1. The van der Waals surface area contributed by atoms with E-state index in [0.717, 1.165) is 23.8 Å². The Kier molecular flexibility index (Phi) is 8.38. The standard InChI is InChI=1S/C20H22F5N3O/c1-26-19(27-8-7-16-10-17(21)5-6-18(16)22)28-11-14-3-2-4-15(9-14)12-29-13-20(23,24)25/h2-6,9-10H,7-8,11-13H2,1H3,(H2,26,27,28). The molecule has 2 aromatic rings. The fraction of sp³-hybridized carbons (Fsp3) is 0.350. The van der Waals surface area contributed by atoms with Gasteiger partial charge in [0.2, 0.25) is 0 Å². The second kappa shape index (κ2) is 10.8. The number of aliphatic imine (C=N–C) groups is 1. The maximum atomic E-state index is 13.6. The minimum Gasteiger partial charge on any atom is -0.367 e. The van der Waals surface area contributed by atoms with Crippen molar-refractivity contribution in [1.29, 1.82) is 0 Å². The normalized spacial score (nSPS) is 12.1. The molecule has 0 amide bonds. The van der Waals surface area contributed by atoms with Gasteiger partial charge in [-0.15, -0.1) is 0 Å². The second-order valence-corrected chi connectivity index (χ2v) is 6.27. The van der Waals surface area contributed by atoms with Crippen molar-refractivity contribution in [2.45, 2.75) is 25.7 Å². The van der Waals surface area contributed by atoms with E-state index in [4.69, 9.17) is 0 Å². The van der Waals surface area contributed by atoms with Gasteiger partial charge in [0.05, 0.1) is 6.61 Å². The number of hydrogen-bond donors (Lipinski definition) is 2. The highest BCUT2D eigenvalue weighted by molar-refractivity contribution is 5.79. The van der Waals surface area contributed by atoms with Gasteiger partial charge in [0.15, 0.2) is 5.96 Å². The summed E-state index contributed by atoms with van der Waals surface area (Å²) in [6.45, 7) is -0.718. The molecule has 2 N–H and O–H groups in total. The molecule has 0 aliphatic rings. The van der Waals surface area contributed by atoms with E-state index in [-0.39, 0.29) is 18.6 Å². The van der Waals surface area contributed by atoms with Gasteiger partial charge in [-0.2, -0.15) is 13.2 Å². The molecule has 29 heavy (non-hydrogen) atoms. The van der Waals surface area contributed by atoms with Crippen molar-refractivity contribution >= 4 is 5.96 Å². The first kappa shape index (κ1) is 22.6. The lowest BCUT2D eigenvalue weighted by molar-refractivity contribution is -0.176. The smallest absolute Gasteiger partial charge is 0.367 e. The summed E-state index contributed by atoms with van der Waals surface area (Å²) >= 11 is 0. The third kappa shape index (κ3) is 8.47. The van der Waals surface area contributed by atoms with Crippen LogP contribution in [0.5, 0.6) is 0 Å². The molecule has 0 radical (unpaired) electrons. The third-order valence-corrected chi connectivity index (χ3v) is 3.90. The zero-order valence-electron chi connectivity index (χ0n) is 15.8. The fourth-order valence-corrected chi connectivity index (χ4v) is 2.57. The lowest BCUT2D eigenvalue weighted by atomic mass is 10.1. The molecule has 0 aromatic heterocycles. The van der Waals surface area contributed by atoms with Gasteiger partial charge in [0.1, 0.15) is 18.2 Å². The van der Waals surface area contributed by atoms with Gasteiger partial charge in [-0.3, -0.25) is 4.99 Å². The predicted molar refractivity (Wildman–Crippen MR) is 100 cm³/mol. The Morgan fingerprint density at radius 3 is 2.52 bits per heavy atom. The molecule has 0 aliphatic carbocycles. The molecule has 9 heteroatoms. The Bertz CT molecular complexity index is 824. The van der Waals surface area contributed by atoms with Gasteiger partial charge in [-0.1, -0.05) is 24.3 Å². The van der Waals surface area contributed by atoms with Crippen LogP contribution in [0.2, 0.25) is 0 Å². The van der Waals surface area contributed by atoms with Gasteiger partial charge >= 0.3 is 6.18 Å². The Hall–Kier alpha value is -2.68. The number of benzene rings is 2. The molecule has 0 spiro atoms. The predicted octanol–water partition coefficient (Wildman–Crippen LogP) is 3.95. The van der Waals surface area contributed by atoms with E-state index in [0.29, 0.717) is 24.6 Å². The monoisotopic (exact) mass is 415 g/mol. The molecule has 158 valence electrons. The second-order valence-electron chi connectivity index (χ2n) is 6.27. The Labute approximate surface area is 165 Å². The molecule has 0 atom stereocenters. The van der Waals surface area contributed by atoms with Crippen molar-refractivity contribution in [3.05, 3.63) is 70.8 Å². The third-order valence-electron chi connectivity index (χ3n) is 3.90. The molecule has 0 saturated heterocycles. The van der Waals surface area contributed by atoms with Crippen LogP contribution in [0.4, 0.5) is 22.0 Å². The molecule has 0 bridgehead atoms. The summed E-state index contributed by atoms with van der Waals surface area (Å²) in [5.74, 6) is -0.510. The summed E-state index contributed by atoms with van der Waals surface area (Å²) in [7, 11) is 1.57. The lowest BCUT2D eigenvalue weighted by Gasteiger charge is -2.13. The molecule has 0 saturated carbocycles. The number of alkyl halides is 3. The molecule has 0 unspecified atom stereocenters. The molecular formula is C20H22F5N3O. The van der Waals surface area contributed by atoms with Gasteiger partial charge in [-0.05, 0) is 41.3 Å². The summed E-state index contributed by atoms with van der Waals surface area (Å²) in [4.78, 5) is 4.05. The van der Waals surface area contributed by atoms with Crippen molar-refractivity contribution in [2.75, 3.05) is 20.2 Å². The van der Waals surface area contributed by atoms with Crippen LogP contribution in [0.25, 0.3) is 0 Å². The van der Waals surface area contributed by atoms with Gasteiger partial charge in [-0.25, -0.2) is 8.78 Å². The maximum absolute atomic E-state index is 13.6. The molecule has 4 nitrogen and oxygen atoms in total. The quantitative estimate of drug-likeness (QED) is 0.390. The number of rotatable bonds is 8. The summed E-state index contributed by atoms with van der Waals surface area (Å²) in [6, 6.07) is 10.3. The Morgan fingerprint density at radius 2 is 1.79 bits per heavy atom. The number of halogens is 5. The van der Waals surface area contributed by atoms with Crippen molar-refractivity contribution in [1.82, 2.24) is 10.6 Å². The van der Waals surface area contributed by atoms with Crippen molar-refractivity contribution < 1.29 is 26.7 Å². The van der Waals surface area contributed by atoms with Crippen LogP contribution in [-0.2, 0) is 24.3 Å². The zero-order chi connectivity index (χ0) is 21.3. The van der Waals surface area contributed by atoms with E-state index in [1.165, 1.54) is 0 Å². The largest absolute Gasteiger partial charge is 0.411 e. The Morgan fingerprint density at radius 1 is 1.03 bits per heavy atom. The first-order chi connectivity index (χ1) is 13.8. The van der Waals surface area contributed by atoms with E-state index in [2.05, 4.69) is 20.4 Å². The van der Waals surface area contributed by atoms with Crippen molar-refractivity contribution in [3.8, 4) is 0 Å².